The number of hydrogen-bond donors (Lipinski definition) is 2. The van der Waals surface area contributed by atoms with Crippen LogP contribution in [0.1, 0.15) is 51.1 Å². The number of cyclic esters (lactones) is 1. The van der Waals surface area contributed by atoms with E-state index in [0.29, 0.717) is 25.1 Å². The van der Waals surface area contributed by atoms with Crippen LogP contribution in [0.5, 0.6) is 0 Å². The molecule has 2 fully saturated rings. The SMILES string of the molecule is CCCCN1CC=C[C@]23O[C@@H]4/C=C\CCC(=O)NC[C@@H](C)OC(=O)[C@@H]4[C@H]2C(=O)N([C@H](CO)c2ccccc2)[C@@H]3C1=O. The summed E-state index contributed by atoms with van der Waals surface area (Å²) < 4.78 is 12.4. The van der Waals surface area contributed by atoms with Gasteiger partial charge in [0, 0.05) is 19.5 Å². The predicted octanol–water partition coefficient (Wildman–Crippen LogP) is 1.90. The Labute approximate surface area is 240 Å². The van der Waals surface area contributed by atoms with Crippen molar-refractivity contribution in [3.8, 4) is 0 Å². The molecule has 0 unspecified atom stereocenters. The minimum atomic E-state index is -1.44. The highest BCUT2D eigenvalue weighted by molar-refractivity contribution is 5.99. The molecule has 4 aliphatic heterocycles. The molecule has 220 valence electrons. The molecular weight excluding hydrogens is 526 g/mol. The zero-order chi connectivity index (χ0) is 29.1. The van der Waals surface area contributed by atoms with E-state index in [1.54, 1.807) is 30.1 Å². The summed E-state index contributed by atoms with van der Waals surface area (Å²) in [7, 11) is 0. The summed E-state index contributed by atoms with van der Waals surface area (Å²) in [6.45, 7) is 4.34. The van der Waals surface area contributed by atoms with Crippen molar-refractivity contribution in [3.63, 3.8) is 0 Å². The standard InChI is InChI=1S/C31H39N3O7/c1-3-4-16-33-17-10-15-31-26(25-23(41-31)13-8-9-14-24(36)32-18-20(2)40-30(25)39)28(37)34(27(31)29(33)38)22(19-35)21-11-6-5-7-12-21/h5-8,10-13,15,20,22-23,25-27,35H,3-4,9,14,16-19H2,1-2H3,(H,32,36)/b13-8-/t20-,22-,23-,25+,26+,27-,31+/m1/s1. The third-order valence-electron chi connectivity index (χ3n) is 8.53. The van der Waals surface area contributed by atoms with Gasteiger partial charge in [0.25, 0.3) is 0 Å². The molecule has 3 amide bonds. The number of hydrogen-bond acceptors (Lipinski definition) is 7. The predicted molar refractivity (Wildman–Crippen MR) is 149 cm³/mol. The summed E-state index contributed by atoms with van der Waals surface area (Å²) in [5.41, 5.74) is -0.755. The molecule has 0 saturated carbocycles. The number of fused-ring (bicyclic) bond motifs is 2. The van der Waals surface area contributed by atoms with Gasteiger partial charge in [-0.3, -0.25) is 19.2 Å². The number of aliphatic hydroxyl groups is 1. The van der Waals surface area contributed by atoms with E-state index in [1.807, 2.05) is 43.3 Å². The van der Waals surface area contributed by atoms with Gasteiger partial charge >= 0.3 is 5.97 Å². The molecule has 0 bridgehead atoms. The lowest BCUT2D eigenvalue weighted by Crippen LogP contribution is -2.56. The van der Waals surface area contributed by atoms with Crippen LogP contribution in [0.25, 0.3) is 0 Å². The van der Waals surface area contributed by atoms with E-state index in [-0.39, 0.29) is 24.8 Å². The van der Waals surface area contributed by atoms with Crippen LogP contribution in [-0.4, -0.2) is 88.7 Å². The maximum absolute atomic E-state index is 14.5. The minimum absolute atomic E-state index is 0.149. The van der Waals surface area contributed by atoms with E-state index in [4.69, 9.17) is 9.47 Å². The van der Waals surface area contributed by atoms with Crippen molar-refractivity contribution >= 4 is 23.7 Å². The maximum Gasteiger partial charge on any atom is 0.313 e. The second-order valence-electron chi connectivity index (χ2n) is 11.3. The van der Waals surface area contributed by atoms with Gasteiger partial charge in [0.15, 0.2) is 0 Å². The summed E-state index contributed by atoms with van der Waals surface area (Å²) in [6, 6.07) is 7.21. The Bertz CT molecular complexity index is 1220. The highest BCUT2D eigenvalue weighted by atomic mass is 16.6. The van der Waals surface area contributed by atoms with Crippen molar-refractivity contribution in [1.29, 1.82) is 0 Å². The number of carbonyl (C=O) groups excluding carboxylic acids is 4. The molecular formula is C31H39N3O7. The van der Waals surface area contributed by atoms with Gasteiger partial charge in [-0.05, 0) is 25.3 Å². The molecule has 10 heteroatoms. The van der Waals surface area contributed by atoms with Crippen molar-refractivity contribution in [3.05, 3.63) is 60.2 Å². The average Bonchev–Trinajstić information content (AvgIpc) is 3.35. The highest BCUT2D eigenvalue weighted by Crippen LogP contribution is 2.54. The number of aliphatic hydroxyl groups excluding tert-OH is 1. The van der Waals surface area contributed by atoms with Crippen molar-refractivity contribution in [1.82, 2.24) is 15.1 Å². The van der Waals surface area contributed by atoms with Crippen LogP contribution in [0.4, 0.5) is 0 Å². The van der Waals surface area contributed by atoms with Gasteiger partial charge in [-0.15, -0.1) is 0 Å². The Hall–Kier alpha value is -3.50. The van der Waals surface area contributed by atoms with Crippen molar-refractivity contribution in [2.24, 2.45) is 11.8 Å². The minimum Gasteiger partial charge on any atom is -0.460 e. The van der Waals surface area contributed by atoms with Gasteiger partial charge in [0.05, 0.1) is 31.2 Å². The van der Waals surface area contributed by atoms with E-state index in [0.717, 1.165) is 12.8 Å². The quantitative estimate of drug-likeness (QED) is 0.399. The monoisotopic (exact) mass is 565 g/mol. The largest absolute Gasteiger partial charge is 0.460 e. The first-order valence-electron chi connectivity index (χ1n) is 14.6. The fourth-order valence-electron chi connectivity index (χ4n) is 6.56. The van der Waals surface area contributed by atoms with Crippen LogP contribution in [0.15, 0.2) is 54.6 Å². The second kappa shape index (κ2) is 12.2. The van der Waals surface area contributed by atoms with Crippen molar-refractivity contribution < 1.29 is 33.8 Å². The Morgan fingerprint density at radius 3 is 2.63 bits per heavy atom. The van der Waals surface area contributed by atoms with Crippen LogP contribution < -0.4 is 5.32 Å². The fourth-order valence-corrected chi connectivity index (χ4v) is 6.56. The molecule has 0 aromatic heterocycles. The highest BCUT2D eigenvalue weighted by Gasteiger charge is 2.72. The summed E-state index contributed by atoms with van der Waals surface area (Å²) in [5, 5.41) is 13.4. The molecule has 10 nitrogen and oxygen atoms in total. The first kappa shape index (κ1) is 29.0. The lowest BCUT2D eigenvalue weighted by molar-refractivity contribution is -0.159. The molecule has 41 heavy (non-hydrogen) atoms. The molecule has 2 N–H and O–H groups in total. The van der Waals surface area contributed by atoms with Crippen LogP contribution in [0.3, 0.4) is 0 Å². The summed E-state index contributed by atoms with van der Waals surface area (Å²) >= 11 is 0. The van der Waals surface area contributed by atoms with E-state index in [9.17, 15) is 24.3 Å². The number of unbranched alkanes of at least 4 members (excludes halogenated alkanes) is 1. The van der Waals surface area contributed by atoms with Gasteiger partial charge < -0.3 is 29.7 Å². The lowest BCUT2D eigenvalue weighted by Gasteiger charge is -2.38. The zero-order valence-electron chi connectivity index (χ0n) is 23.6. The third kappa shape index (κ3) is 5.30. The third-order valence-corrected chi connectivity index (χ3v) is 8.53. The molecule has 1 spiro atoms. The van der Waals surface area contributed by atoms with Crippen LogP contribution in [0, 0.1) is 11.8 Å². The van der Waals surface area contributed by atoms with E-state index < -0.39 is 60.2 Å². The van der Waals surface area contributed by atoms with Crippen molar-refractivity contribution in [2.75, 3.05) is 26.2 Å². The van der Waals surface area contributed by atoms with Gasteiger partial charge in [-0.1, -0.05) is 68.0 Å². The van der Waals surface area contributed by atoms with Gasteiger partial charge in [-0.25, -0.2) is 0 Å². The molecule has 1 aromatic carbocycles. The van der Waals surface area contributed by atoms with E-state index in [1.165, 1.54) is 4.90 Å². The summed E-state index contributed by atoms with van der Waals surface area (Å²) in [4.78, 5) is 57.9. The number of nitrogens with zero attached hydrogens (tertiary/aromatic N) is 2. The van der Waals surface area contributed by atoms with Gasteiger partial charge in [0.1, 0.15) is 23.7 Å². The summed E-state index contributed by atoms with van der Waals surface area (Å²) in [6.07, 6.45) is 8.05. The number of esters is 1. The molecule has 5 rings (SSSR count). The first-order valence-corrected chi connectivity index (χ1v) is 14.6. The number of amides is 3. The van der Waals surface area contributed by atoms with Gasteiger partial charge in [0.2, 0.25) is 17.7 Å². The molecule has 2 saturated heterocycles. The van der Waals surface area contributed by atoms with E-state index >= 15 is 0 Å². The van der Waals surface area contributed by atoms with Gasteiger partial charge in [-0.2, -0.15) is 0 Å². The second-order valence-corrected chi connectivity index (χ2v) is 11.3. The normalized spacial score (nSPS) is 33.5. The first-order chi connectivity index (χ1) is 19.8. The number of rotatable bonds is 6. The smallest absolute Gasteiger partial charge is 0.313 e. The zero-order valence-corrected chi connectivity index (χ0v) is 23.6. The molecule has 0 aliphatic carbocycles. The topological polar surface area (TPSA) is 125 Å². The van der Waals surface area contributed by atoms with Crippen LogP contribution in [0.2, 0.25) is 0 Å². The number of nitrogens with one attached hydrogen (secondary N) is 1. The Balaban J connectivity index is 1.62. The maximum atomic E-state index is 14.5. The fraction of sp³-hybridized carbons (Fsp3) is 0.548. The average molecular weight is 566 g/mol. The van der Waals surface area contributed by atoms with Crippen LogP contribution >= 0.6 is 0 Å². The molecule has 4 aliphatic rings. The van der Waals surface area contributed by atoms with E-state index in [2.05, 4.69) is 5.32 Å². The molecule has 4 heterocycles. The Morgan fingerprint density at radius 2 is 1.90 bits per heavy atom. The molecule has 1 aromatic rings. The Morgan fingerprint density at radius 1 is 1.12 bits per heavy atom. The number of benzene rings is 1. The van der Waals surface area contributed by atoms with Crippen molar-refractivity contribution in [2.45, 2.75) is 69.4 Å². The van der Waals surface area contributed by atoms with Crippen LogP contribution in [-0.2, 0) is 28.7 Å². The number of likely N-dealkylation sites (tertiary alicyclic amines) is 1. The number of ether oxygens (including phenoxy) is 2. The number of carbonyl (C=O) groups is 4. The molecule has 7 atom stereocenters. The Kier molecular flexibility index (Phi) is 8.60. The summed E-state index contributed by atoms with van der Waals surface area (Å²) in [5.74, 6) is -3.53. The lowest BCUT2D eigenvalue weighted by atomic mass is 9.78. The molecule has 0 radical (unpaired) electrons. The number of allylic oxidation sites excluding steroid dienone is 1.